The Hall–Kier alpha value is -2.18. The fourth-order valence-corrected chi connectivity index (χ4v) is 0.598. The topological polar surface area (TPSA) is 126 Å². The summed E-state index contributed by atoms with van der Waals surface area (Å²) in [7, 11) is 0. The zero-order valence-electron chi connectivity index (χ0n) is 6.41. The molecule has 1 aromatic rings. The van der Waals surface area contributed by atoms with Crippen LogP contribution < -0.4 is 5.73 Å². The number of nitrogens with zero attached hydrogens (tertiary/aromatic N) is 2. The molecule has 0 bridgehead atoms. The van der Waals surface area contributed by atoms with Crippen LogP contribution in [0.25, 0.3) is 0 Å². The van der Waals surface area contributed by atoms with E-state index >= 15 is 0 Å². The Balaban J connectivity index is 0.000000424. The molecule has 0 amide bonds. The number of hydrogen-bond donors (Lipinski definition) is 3. The number of nitrogen functional groups attached to an aromatic ring is 1. The number of hydrogen-bond acceptors (Lipinski definition) is 5. The molecule has 0 saturated heterocycles. The van der Waals surface area contributed by atoms with Crippen LogP contribution in [0.3, 0.4) is 0 Å². The van der Waals surface area contributed by atoms with E-state index in [-0.39, 0.29) is 11.4 Å². The monoisotopic (exact) mass is 185 g/mol. The number of carboxylic acid groups (broad SMARTS) is 1. The molecule has 70 valence electrons. The molecule has 0 unspecified atom stereocenters. The molecule has 1 heterocycles. The van der Waals surface area contributed by atoms with Crippen LogP contribution in [0.1, 0.15) is 10.4 Å². The number of carboxylic acids is 1. The van der Waals surface area contributed by atoms with E-state index in [0.717, 1.165) is 0 Å². The Morgan fingerprint density at radius 2 is 2.15 bits per heavy atom. The molecular formula is C6H7N3O4. The highest BCUT2D eigenvalue weighted by molar-refractivity contribution is 5.92. The average Bonchev–Trinajstić information content (AvgIpc) is 2.06. The molecule has 0 fully saturated rings. The SMILES string of the molecule is Nc1ncccc1C(=O)O.O=NO. The summed E-state index contributed by atoms with van der Waals surface area (Å²) in [6, 6.07) is 2.94. The standard InChI is InChI=1S/C6H6N2O2.HNO2/c7-5-4(6(9)10)2-1-3-8-5;2-1-3/h1-3H,(H2,7,8)(H,9,10);(H,2,3). The van der Waals surface area contributed by atoms with Crippen molar-refractivity contribution in [1.29, 1.82) is 0 Å². The molecule has 0 spiro atoms. The second-order valence-corrected chi connectivity index (χ2v) is 1.82. The van der Waals surface area contributed by atoms with Gasteiger partial charge in [-0.25, -0.2) is 9.78 Å². The second-order valence-electron chi connectivity index (χ2n) is 1.82. The van der Waals surface area contributed by atoms with Crippen LogP contribution in [0.15, 0.2) is 23.7 Å². The lowest BCUT2D eigenvalue weighted by atomic mass is 10.3. The molecule has 1 rings (SSSR count). The minimum atomic E-state index is -1.05. The van der Waals surface area contributed by atoms with Crippen molar-refractivity contribution in [2.75, 3.05) is 5.73 Å². The number of pyridine rings is 1. The van der Waals surface area contributed by atoms with E-state index in [0.29, 0.717) is 0 Å². The van der Waals surface area contributed by atoms with Crippen molar-refractivity contribution in [1.82, 2.24) is 4.98 Å². The Morgan fingerprint density at radius 3 is 2.46 bits per heavy atom. The van der Waals surface area contributed by atoms with Crippen molar-refractivity contribution in [3.63, 3.8) is 0 Å². The van der Waals surface area contributed by atoms with Crippen molar-refractivity contribution < 1.29 is 15.1 Å². The second kappa shape index (κ2) is 5.47. The first-order valence-electron chi connectivity index (χ1n) is 3.04. The third kappa shape index (κ3) is 3.65. The molecule has 0 radical (unpaired) electrons. The van der Waals surface area contributed by atoms with Crippen LogP contribution in [0.4, 0.5) is 5.82 Å². The summed E-state index contributed by atoms with van der Waals surface area (Å²) in [5.41, 5.74) is 5.27. The van der Waals surface area contributed by atoms with Gasteiger partial charge in [-0.05, 0) is 12.1 Å². The lowest BCUT2D eigenvalue weighted by molar-refractivity contribution is 0.0697. The van der Waals surface area contributed by atoms with Crippen LogP contribution in [0, 0.1) is 4.91 Å². The minimum Gasteiger partial charge on any atom is -0.478 e. The third-order valence-electron chi connectivity index (χ3n) is 1.07. The normalized spacial score (nSPS) is 8.00. The van der Waals surface area contributed by atoms with Crippen molar-refractivity contribution in [3.8, 4) is 0 Å². The number of nitrogens with two attached hydrogens (primary N) is 1. The summed E-state index contributed by atoms with van der Waals surface area (Å²) in [6.45, 7) is 0. The van der Waals surface area contributed by atoms with Crippen molar-refractivity contribution in [2.45, 2.75) is 0 Å². The van der Waals surface area contributed by atoms with Gasteiger partial charge in [0.25, 0.3) is 0 Å². The minimum absolute atomic E-state index is 0.0440. The summed E-state index contributed by atoms with van der Waals surface area (Å²) in [6.07, 6.45) is 1.45. The number of aromatic carboxylic acids is 1. The first-order valence-corrected chi connectivity index (χ1v) is 3.04. The molecule has 0 atom stereocenters. The zero-order valence-corrected chi connectivity index (χ0v) is 6.41. The van der Waals surface area contributed by atoms with E-state index in [9.17, 15) is 4.79 Å². The third-order valence-corrected chi connectivity index (χ3v) is 1.07. The maximum atomic E-state index is 10.3. The molecule has 0 aliphatic carbocycles. The number of rotatable bonds is 1. The van der Waals surface area contributed by atoms with E-state index < -0.39 is 5.97 Å². The van der Waals surface area contributed by atoms with Gasteiger partial charge in [0.15, 0.2) is 5.34 Å². The summed E-state index contributed by atoms with van der Waals surface area (Å²) in [5.74, 6) is -0.999. The highest BCUT2D eigenvalue weighted by atomic mass is 16.6. The van der Waals surface area contributed by atoms with E-state index in [1.54, 1.807) is 0 Å². The number of carbonyl (C=O) groups is 1. The maximum Gasteiger partial charge on any atom is 0.339 e. The largest absolute Gasteiger partial charge is 0.478 e. The first kappa shape index (κ1) is 10.8. The van der Waals surface area contributed by atoms with E-state index in [1.165, 1.54) is 23.7 Å². The van der Waals surface area contributed by atoms with Crippen molar-refractivity contribution >= 4 is 11.8 Å². The quantitative estimate of drug-likeness (QED) is 0.432. The van der Waals surface area contributed by atoms with Gasteiger partial charge >= 0.3 is 5.97 Å². The number of anilines is 1. The summed E-state index contributed by atoms with van der Waals surface area (Å²) >= 11 is 0. The lowest BCUT2D eigenvalue weighted by Gasteiger charge is -1.95. The van der Waals surface area contributed by atoms with E-state index in [4.69, 9.17) is 21.0 Å². The molecule has 0 aliphatic heterocycles. The Bertz CT molecular complexity index is 302. The summed E-state index contributed by atoms with van der Waals surface area (Å²) in [4.78, 5) is 22.0. The van der Waals surface area contributed by atoms with Gasteiger partial charge in [-0.15, -0.1) is 4.91 Å². The molecule has 0 aliphatic rings. The molecular weight excluding hydrogens is 178 g/mol. The average molecular weight is 185 g/mol. The fourth-order valence-electron chi connectivity index (χ4n) is 0.598. The van der Waals surface area contributed by atoms with Gasteiger partial charge in [-0.3, -0.25) is 0 Å². The summed E-state index contributed by atoms with van der Waals surface area (Å²) < 4.78 is 0. The van der Waals surface area contributed by atoms with Crippen molar-refractivity contribution in [3.05, 3.63) is 28.8 Å². The van der Waals surface area contributed by atoms with Crippen LogP contribution in [0.5, 0.6) is 0 Å². The summed E-state index contributed by atoms with van der Waals surface area (Å²) in [5, 5.41) is 16.3. The fraction of sp³-hybridized carbons (Fsp3) is 0. The van der Waals surface area contributed by atoms with E-state index in [1.807, 2.05) is 0 Å². The number of aromatic nitrogens is 1. The van der Waals surface area contributed by atoms with Gasteiger partial charge in [0.05, 0.1) is 0 Å². The Morgan fingerprint density at radius 1 is 1.62 bits per heavy atom. The van der Waals surface area contributed by atoms with Gasteiger partial charge in [-0.1, -0.05) is 0 Å². The Labute approximate surface area is 72.8 Å². The van der Waals surface area contributed by atoms with Crippen LogP contribution in [0.2, 0.25) is 0 Å². The highest BCUT2D eigenvalue weighted by Gasteiger charge is 2.05. The van der Waals surface area contributed by atoms with Gasteiger partial charge in [0.2, 0.25) is 0 Å². The van der Waals surface area contributed by atoms with Crippen molar-refractivity contribution in [2.24, 2.45) is 5.34 Å². The molecule has 0 saturated carbocycles. The van der Waals surface area contributed by atoms with Gasteiger partial charge in [0, 0.05) is 6.20 Å². The van der Waals surface area contributed by atoms with Gasteiger partial charge in [-0.2, -0.15) is 0 Å². The Kier molecular flexibility index (Phi) is 4.55. The maximum absolute atomic E-state index is 10.3. The van der Waals surface area contributed by atoms with Crippen LogP contribution >= 0.6 is 0 Å². The zero-order chi connectivity index (χ0) is 10.3. The molecule has 4 N–H and O–H groups in total. The smallest absolute Gasteiger partial charge is 0.339 e. The highest BCUT2D eigenvalue weighted by Crippen LogP contribution is 2.05. The first-order chi connectivity index (χ1) is 6.13. The molecule has 0 aromatic carbocycles. The predicted molar refractivity (Wildman–Crippen MR) is 43.2 cm³/mol. The molecule has 7 heteroatoms. The van der Waals surface area contributed by atoms with Gasteiger partial charge in [0.1, 0.15) is 11.4 Å². The molecule has 1 aromatic heterocycles. The van der Waals surface area contributed by atoms with Crippen LogP contribution in [-0.2, 0) is 0 Å². The predicted octanol–water partition coefficient (Wildman–Crippen LogP) is 0.504. The van der Waals surface area contributed by atoms with E-state index in [2.05, 4.69) is 4.98 Å². The van der Waals surface area contributed by atoms with Crippen LogP contribution in [-0.4, -0.2) is 21.3 Å². The lowest BCUT2D eigenvalue weighted by Crippen LogP contribution is -2.03. The molecule has 13 heavy (non-hydrogen) atoms. The van der Waals surface area contributed by atoms with Gasteiger partial charge < -0.3 is 16.0 Å². The molecule has 7 nitrogen and oxygen atoms in total.